The Bertz CT molecular complexity index is 1890. The van der Waals surface area contributed by atoms with Gasteiger partial charge < -0.3 is 20.3 Å². The topological polar surface area (TPSA) is 177 Å². The van der Waals surface area contributed by atoms with Gasteiger partial charge in [-0.3, -0.25) is 23.9 Å². The van der Waals surface area contributed by atoms with Gasteiger partial charge in [-0.15, -0.1) is 0 Å². The van der Waals surface area contributed by atoms with E-state index in [9.17, 15) is 36.4 Å². The van der Waals surface area contributed by atoms with Crippen LogP contribution in [0.2, 0.25) is 0 Å². The molecular formula is C36H46F2N6O7S. The van der Waals surface area contributed by atoms with Crippen molar-refractivity contribution in [2.75, 3.05) is 6.54 Å². The first-order valence-corrected chi connectivity index (χ1v) is 19.4. The molecule has 0 unspecified atom stereocenters. The molecule has 0 radical (unpaired) electrons. The van der Waals surface area contributed by atoms with Crippen molar-refractivity contribution in [1.29, 1.82) is 0 Å². The average Bonchev–Trinajstić information content (AvgIpc) is 3.99. The highest BCUT2D eigenvalue weighted by molar-refractivity contribution is 7.91. The first kappa shape index (κ1) is 37.5. The number of fused-ring (bicyclic) bond motifs is 3. The number of carbonyl (C=O) groups excluding carboxylic acids is 4. The van der Waals surface area contributed by atoms with Gasteiger partial charge in [0.1, 0.15) is 23.7 Å². The van der Waals surface area contributed by atoms with Crippen molar-refractivity contribution >= 4 is 44.7 Å². The number of nitrogens with zero attached hydrogens (tertiary/aromatic N) is 3. The van der Waals surface area contributed by atoms with Gasteiger partial charge in [0.25, 0.3) is 11.8 Å². The van der Waals surface area contributed by atoms with Gasteiger partial charge in [0.15, 0.2) is 5.69 Å². The maximum Gasteiger partial charge on any atom is 0.292 e. The Morgan fingerprint density at radius 1 is 1.02 bits per heavy atom. The maximum absolute atomic E-state index is 14.9. The molecular weight excluding hydrogens is 698 g/mol. The molecule has 1 saturated heterocycles. The lowest BCUT2D eigenvalue weighted by Gasteiger charge is -2.31. The summed E-state index contributed by atoms with van der Waals surface area (Å²) in [5.74, 6) is -6.91. The number of ether oxygens (including phenoxy) is 1. The van der Waals surface area contributed by atoms with Crippen LogP contribution in [0.25, 0.3) is 11.0 Å². The molecule has 5 atom stereocenters. The summed E-state index contributed by atoms with van der Waals surface area (Å²) in [5.41, 5.74) is -2.57. The highest BCUT2D eigenvalue weighted by Crippen LogP contribution is 2.46. The monoisotopic (exact) mass is 744 g/mol. The fourth-order valence-corrected chi connectivity index (χ4v) is 8.10. The van der Waals surface area contributed by atoms with Crippen molar-refractivity contribution in [2.45, 2.75) is 120 Å². The number of nitrogens with one attached hydrogen (secondary N) is 3. The van der Waals surface area contributed by atoms with E-state index in [1.165, 1.54) is 4.90 Å². The summed E-state index contributed by atoms with van der Waals surface area (Å²) in [6.45, 7) is 5.60. The maximum atomic E-state index is 14.9. The lowest BCUT2D eigenvalue weighted by atomic mass is 9.94. The minimum absolute atomic E-state index is 0.147. The van der Waals surface area contributed by atoms with Crippen LogP contribution in [0.1, 0.15) is 91.2 Å². The van der Waals surface area contributed by atoms with E-state index in [1.807, 2.05) is 12.2 Å². The Kier molecular flexibility index (Phi) is 10.1. The molecule has 6 rings (SSSR count). The number of aromatic nitrogens is 2. The van der Waals surface area contributed by atoms with Crippen molar-refractivity contribution in [1.82, 2.24) is 30.2 Å². The molecule has 282 valence electrons. The van der Waals surface area contributed by atoms with Gasteiger partial charge in [-0.25, -0.2) is 18.4 Å². The zero-order chi connectivity index (χ0) is 37.6. The summed E-state index contributed by atoms with van der Waals surface area (Å²) in [6, 6.07) is 4.20. The highest BCUT2D eigenvalue weighted by Gasteiger charge is 2.62. The second-order valence-electron chi connectivity index (χ2n) is 15.5. The van der Waals surface area contributed by atoms with E-state index in [2.05, 4.69) is 25.3 Å². The SMILES string of the molecule is CC(C)(C)C(=O)N[C@H]1CCCCC/C=C\[C@@H]2C[C@@]2(C(=O)NS(=O)(=O)C2CC2)NC(=O)[C@@H]2C[C@@H](Oc3nc4ccccc4nc3C(C)(F)F)CN2C1=O. The van der Waals surface area contributed by atoms with Crippen LogP contribution in [0.15, 0.2) is 36.4 Å². The van der Waals surface area contributed by atoms with Gasteiger partial charge in [-0.2, -0.15) is 8.78 Å². The fraction of sp³-hybridized carbons (Fsp3) is 0.611. The number of allylic oxidation sites excluding steroid dienone is 1. The van der Waals surface area contributed by atoms with Gasteiger partial charge in [0, 0.05) is 24.7 Å². The number of para-hydroxylation sites is 2. The number of rotatable bonds is 7. The van der Waals surface area contributed by atoms with Crippen molar-refractivity contribution in [3.8, 4) is 5.88 Å². The molecule has 3 N–H and O–H groups in total. The molecule has 0 bridgehead atoms. The fourth-order valence-electron chi connectivity index (χ4n) is 6.73. The van der Waals surface area contributed by atoms with Crippen LogP contribution in [-0.4, -0.2) is 82.4 Å². The molecule has 3 heterocycles. The van der Waals surface area contributed by atoms with Crippen LogP contribution in [0.5, 0.6) is 5.88 Å². The quantitative estimate of drug-likeness (QED) is 0.358. The first-order chi connectivity index (χ1) is 24.4. The third kappa shape index (κ3) is 8.06. The van der Waals surface area contributed by atoms with Gasteiger partial charge in [-0.05, 0) is 50.7 Å². The van der Waals surface area contributed by atoms with E-state index in [1.54, 1.807) is 45.0 Å². The van der Waals surface area contributed by atoms with Crippen LogP contribution in [0, 0.1) is 11.3 Å². The van der Waals surface area contributed by atoms with Crippen molar-refractivity contribution < 1.29 is 41.1 Å². The summed E-state index contributed by atoms with van der Waals surface area (Å²) in [5, 5.41) is 4.97. The van der Waals surface area contributed by atoms with E-state index < -0.39 is 85.6 Å². The summed E-state index contributed by atoms with van der Waals surface area (Å²) in [4.78, 5) is 65.2. The van der Waals surface area contributed by atoms with Crippen LogP contribution < -0.4 is 20.1 Å². The Balaban J connectivity index is 1.34. The lowest BCUT2D eigenvalue weighted by Crippen LogP contribution is -2.58. The number of halogens is 2. The molecule has 2 aliphatic carbocycles. The summed E-state index contributed by atoms with van der Waals surface area (Å²) < 4.78 is 63.5. The minimum Gasteiger partial charge on any atom is -0.471 e. The van der Waals surface area contributed by atoms with Crippen LogP contribution >= 0.6 is 0 Å². The van der Waals surface area contributed by atoms with Gasteiger partial charge in [0.05, 0.1) is 22.8 Å². The molecule has 3 fully saturated rings. The average molecular weight is 745 g/mol. The second-order valence-corrected chi connectivity index (χ2v) is 17.5. The minimum atomic E-state index is -3.94. The molecule has 13 nitrogen and oxygen atoms in total. The largest absolute Gasteiger partial charge is 0.471 e. The number of alkyl halides is 2. The van der Waals surface area contributed by atoms with E-state index in [4.69, 9.17) is 4.74 Å². The molecule has 16 heteroatoms. The summed E-state index contributed by atoms with van der Waals surface area (Å²) in [6.07, 6.45) is 6.60. The summed E-state index contributed by atoms with van der Waals surface area (Å²) >= 11 is 0. The third-order valence-electron chi connectivity index (χ3n) is 10.1. The zero-order valence-electron chi connectivity index (χ0n) is 29.8. The Morgan fingerprint density at radius 3 is 2.37 bits per heavy atom. The predicted octanol–water partition coefficient (Wildman–Crippen LogP) is 3.62. The van der Waals surface area contributed by atoms with Crippen molar-refractivity contribution in [3.63, 3.8) is 0 Å². The van der Waals surface area contributed by atoms with Crippen molar-refractivity contribution in [2.24, 2.45) is 11.3 Å². The van der Waals surface area contributed by atoms with Gasteiger partial charge >= 0.3 is 0 Å². The normalized spacial score (nSPS) is 28.1. The Morgan fingerprint density at radius 2 is 1.71 bits per heavy atom. The highest BCUT2D eigenvalue weighted by atomic mass is 32.2. The molecule has 4 amide bonds. The molecule has 4 aliphatic rings. The predicted molar refractivity (Wildman–Crippen MR) is 186 cm³/mol. The Labute approximate surface area is 301 Å². The van der Waals surface area contributed by atoms with E-state index in [0.29, 0.717) is 38.1 Å². The number of hydrogen-bond donors (Lipinski definition) is 3. The molecule has 2 aliphatic heterocycles. The number of hydrogen-bond acceptors (Lipinski definition) is 9. The van der Waals surface area contributed by atoms with Crippen LogP contribution in [0.3, 0.4) is 0 Å². The first-order valence-electron chi connectivity index (χ1n) is 17.9. The number of benzene rings is 1. The molecule has 0 spiro atoms. The molecule has 2 saturated carbocycles. The summed E-state index contributed by atoms with van der Waals surface area (Å²) in [7, 11) is -3.94. The van der Waals surface area contributed by atoms with Crippen LogP contribution in [-0.2, 0) is 35.1 Å². The zero-order valence-corrected chi connectivity index (χ0v) is 30.6. The number of carbonyl (C=O) groups is 4. The molecule has 1 aromatic carbocycles. The molecule has 52 heavy (non-hydrogen) atoms. The van der Waals surface area contributed by atoms with E-state index in [0.717, 1.165) is 12.8 Å². The van der Waals surface area contributed by atoms with E-state index in [-0.39, 0.29) is 37.2 Å². The Hall–Kier alpha value is -4.21. The molecule has 2 aromatic rings. The third-order valence-corrected chi connectivity index (χ3v) is 11.9. The standard InChI is InChI=1S/C36H46F2N6O7S/c1-34(2,3)32(47)41-26-15-9-7-5-6-8-12-21-19-36(21,33(48)43-52(49,50)23-16-17-23)42-29(45)27-18-22(20-44(27)31(26)46)51-30-28(35(4,37)38)39-24-13-10-11-14-25(24)40-30/h8,10-14,21-23,26-27H,5-7,9,15-20H2,1-4H3,(H,41,47)(H,42,45)(H,43,48)/b12-8-/t21-,22-,26+,27+,36-/m1/s1. The lowest BCUT2D eigenvalue weighted by molar-refractivity contribution is -0.143. The molecule has 1 aromatic heterocycles. The second kappa shape index (κ2) is 14.0. The van der Waals surface area contributed by atoms with E-state index >= 15 is 0 Å². The van der Waals surface area contributed by atoms with Gasteiger partial charge in [-0.1, -0.05) is 57.9 Å². The van der Waals surface area contributed by atoms with Gasteiger partial charge in [0.2, 0.25) is 33.6 Å². The van der Waals surface area contributed by atoms with Crippen LogP contribution in [0.4, 0.5) is 8.78 Å². The van der Waals surface area contributed by atoms with Crippen molar-refractivity contribution in [3.05, 3.63) is 42.1 Å². The number of amides is 4. The number of sulfonamides is 1. The smallest absolute Gasteiger partial charge is 0.292 e.